The van der Waals surface area contributed by atoms with Crippen LogP contribution >= 0.6 is 23.5 Å². The van der Waals surface area contributed by atoms with Crippen LogP contribution in [0.25, 0.3) is 0 Å². The Kier molecular flexibility index (Phi) is 9.70. The third-order valence-corrected chi connectivity index (χ3v) is 5.93. The number of thioether (sulfide) groups is 2. The zero-order valence-electron chi connectivity index (χ0n) is 12.9. The molecule has 1 aliphatic carbocycles. The van der Waals surface area contributed by atoms with Crippen LogP contribution < -0.4 is 0 Å². The first kappa shape index (κ1) is 18.1. The fourth-order valence-electron chi connectivity index (χ4n) is 2.73. The molecular formula is C16H28O2S2. The Hall–Kier alpha value is 0.0400. The van der Waals surface area contributed by atoms with Crippen molar-refractivity contribution in [2.45, 2.75) is 58.3 Å². The van der Waals surface area contributed by atoms with E-state index in [-0.39, 0.29) is 11.8 Å². The molecule has 20 heavy (non-hydrogen) atoms. The Morgan fingerprint density at radius 1 is 0.900 bits per heavy atom. The fraction of sp³-hybridized carbons (Fsp3) is 0.875. The third kappa shape index (κ3) is 7.16. The molecule has 1 saturated carbocycles. The Morgan fingerprint density at radius 2 is 1.45 bits per heavy atom. The van der Waals surface area contributed by atoms with Gasteiger partial charge in [0.05, 0.1) is 0 Å². The molecule has 1 rings (SSSR count). The van der Waals surface area contributed by atoms with Crippen molar-refractivity contribution in [3.63, 3.8) is 0 Å². The van der Waals surface area contributed by atoms with Gasteiger partial charge in [-0.3, -0.25) is 9.59 Å². The molecule has 116 valence electrons. The van der Waals surface area contributed by atoms with Gasteiger partial charge in [-0.15, -0.1) is 0 Å². The number of Topliss-reactive ketones (excluding diaryl/α,β-unsaturated/α-hetero) is 1. The zero-order valence-corrected chi connectivity index (χ0v) is 14.5. The minimum absolute atomic E-state index is 0.215. The first-order valence-corrected chi connectivity index (χ1v) is 10.2. The van der Waals surface area contributed by atoms with E-state index < -0.39 is 0 Å². The molecule has 0 aliphatic heterocycles. The second-order valence-electron chi connectivity index (χ2n) is 5.73. The van der Waals surface area contributed by atoms with Crippen LogP contribution in [0.15, 0.2) is 0 Å². The summed E-state index contributed by atoms with van der Waals surface area (Å²) in [7, 11) is 0. The third-order valence-electron chi connectivity index (χ3n) is 4.12. The molecule has 0 spiro atoms. The van der Waals surface area contributed by atoms with E-state index in [2.05, 4.69) is 6.26 Å². The van der Waals surface area contributed by atoms with Gasteiger partial charge in [-0.05, 0) is 57.5 Å². The summed E-state index contributed by atoms with van der Waals surface area (Å²) in [5.74, 6) is 2.97. The lowest BCUT2D eigenvalue weighted by molar-refractivity contribution is -0.123. The van der Waals surface area contributed by atoms with Crippen LogP contribution in [-0.2, 0) is 9.59 Å². The minimum atomic E-state index is 0.215. The van der Waals surface area contributed by atoms with E-state index in [1.807, 2.05) is 11.8 Å². The number of hydrogen-bond donors (Lipinski definition) is 0. The van der Waals surface area contributed by atoms with Crippen molar-refractivity contribution in [2.24, 2.45) is 11.8 Å². The first-order valence-electron chi connectivity index (χ1n) is 7.81. The number of ketones is 1. The molecule has 0 amide bonds. The topological polar surface area (TPSA) is 34.1 Å². The van der Waals surface area contributed by atoms with Gasteiger partial charge < -0.3 is 0 Å². The van der Waals surface area contributed by atoms with Crippen molar-refractivity contribution in [2.75, 3.05) is 17.8 Å². The molecule has 2 nitrogen and oxygen atoms in total. The van der Waals surface area contributed by atoms with E-state index in [0.29, 0.717) is 10.9 Å². The normalized spacial score (nSPS) is 22.7. The monoisotopic (exact) mass is 316 g/mol. The summed E-state index contributed by atoms with van der Waals surface area (Å²) in [6.07, 6.45) is 10.8. The highest BCUT2D eigenvalue weighted by Gasteiger charge is 2.28. The largest absolute Gasteiger partial charge is 0.300 e. The van der Waals surface area contributed by atoms with Crippen LogP contribution in [0.5, 0.6) is 0 Å². The fourth-order valence-corrected chi connectivity index (χ4v) is 4.24. The lowest BCUT2D eigenvalue weighted by atomic mass is 9.81. The highest BCUT2D eigenvalue weighted by molar-refractivity contribution is 8.13. The van der Waals surface area contributed by atoms with Gasteiger partial charge in [0.15, 0.2) is 5.12 Å². The molecule has 0 aromatic rings. The Labute approximate surface area is 132 Å². The number of hydrogen-bond acceptors (Lipinski definition) is 4. The molecule has 0 saturated heterocycles. The molecule has 1 aliphatic rings. The average molecular weight is 317 g/mol. The van der Waals surface area contributed by atoms with Crippen LogP contribution in [0.3, 0.4) is 0 Å². The van der Waals surface area contributed by atoms with E-state index in [1.54, 1.807) is 6.92 Å². The van der Waals surface area contributed by atoms with Crippen molar-refractivity contribution < 1.29 is 9.59 Å². The standard InChI is InChI=1S/C16H28O2S2/c1-13(17)14-7-9-15(10-8-14)16(18)20-12-6-4-3-5-11-19-2/h14-15H,3-12H2,1-2H3. The highest BCUT2D eigenvalue weighted by atomic mass is 32.2. The van der Waals surface area contributed by atoms with Crippen LogP contribution in [0.1, 0.15) is 58.3 Å². The minimum Gasteiger partial charge on any atom is -0.300 e. The number of carbonyl (C=O) groups is 2. The van der Waals surface area contributed by atoms with Gasteiger partial charge in [-0.2, -0.15) is 11.8 Å². The second-order valence-corrected chi connectivity index (χ2v) is 7.82. The molecular weight excluding hydrogens is 288 g/mol. The maximum absolute atomic E-state index is 12.1. The SMILES string of the molecule is CSCCCCCCSC(=O)C1CCC(C(C)=O)CC1. The van der Waals surface area contributed by atoms with Gasteiger partial charge in [-0.25, -0.2) is 0 Å². The smallest absolute Gasteiger partial charge is 0.192 e. The molecule has 0 atom stereocenters. The van der Waals surface area contributed by atoms with E-state index in [1.165, 1.54) is 36.8 Å². The molecule has 0 bridgehead atoms. The molecule has 0 heterocycles. The summed E-state index contributed by atoms with van der Waals surface area (Å²) >= 11 is 3.44. The molecule has 0 aromatic heterocycles. The zero-order chi connectivity index (χ0) is 14.8. The van der Waals surface area contributed by atoms with E-state index in [0.717, 1.165) is 37.9 Å². The quantitative estimate of drug-likeness (QED) is 0.584. The van der Waals surface area contributed by atoms with Crippen LogP contribution in [0.2, 0.25) is 0 Å². The van der Waals surface area contributed by atoms with Crippen molar-refractivity contribution in [3.8, 4) is 0 Å². The van der Waals surface area contributed by atoms with Crippen molar-refractivity contribution in [1.29, 1.82) is 0 Å². The Morgan fingerprint density at radius 3 is 2.00 bits per heavy atom. The van der Waals surface area contributed by atoms with Gasteiger partial charge in [0, 0.05) is 17.6 Å². The van der Waals surface area contributed by atoms with E-state index >= 15 is 0 Å². The van der Waals surface area contributed by atoms with Crippen molar-refractivity contribution >= 4 is 34.4 Å². The van der Waals surface area contributed by atoms with E-state index in [4.69, 9.17) is 0 Å². The highest BCUT2D eigenvalue weighted by Crippen LogP contribution is 2.32. The predicted molar refractivity (Wildman–Crippen MR) is 90.4 cm³/mol. The number of carbonyl (C=O) groups excluding carboxylic acids is 2. The number of unbranched alkanes of at least 4 members (excludes halogenated alkanes) is 3. The van der Waals surface area contributed by atoms with Gasteiger partial charge in [0.25, 0.3) is 0 Å². The summed E-state index contributed by atoms with van der Waals surface area (Å²) < 4.78 is 0. The maximum atomic E-state index is 12.1. The second kappa shape index (κ2) is 10.7. The summed E-state index contributed by atoms with van der Waals surface area (Å²) in [5.41, 5.74) is 0. The maximum Gasteiger partial charge on any atom is 0.192 e. The Bertz CT molecular complexity index is 297. The molecule has 1 fully saturated rings. The molecule has 0 aromatic carbocycles. The molecule has 0 N–H and O–H groups in total. The lowest BCUT2D eigenvalue weighted by Gasteiger charge is -2.25. The average Bonchev–Trinajstić information content (AvgIpc) is 2.46. The molecule has 0 radical (unpaired) electrons. The Balaban J connectivity index is 2.04. The molecule has 0 unspecified atom stereocenters. The summed E-state index contributed by atoms with van der Waals surface area (Å²) in [5, 5.41) is 0.371. The summed E-state index contributed by atoms with van der Waals surface area (Å²) in [4.78, 5) is 23.4. The summed E-state index contributed by atoms with van der Waals surface area (Å²) in [6, 6.07) is 0. The van der Waals surface area contributed by atoms with Gasteiger partial charge in [0.1, 0.15) is 5.78 Å². The summed E-state index contributed by atoms with van der Waals surface area (Å²) in [6.45, 7) is 1.68. The van der Waals surface area contributed by atoms with Crippen molar-refractivity contribution in [3.05, 3.63) is 0 Å². The van der Waals surface area contributed by atoms with E-state index in [9.17, 15) is 9.59 Å². The van der Waals surface area contributed by atoms with Gasteiger partial charge in [-0.1, -0.05) is 24.6 Å². The van der Waals surface area contributed by atoms with Gasteiger partial charge >= 0.3 is 0 Å². The first-order chi connectivity index (χ1) is 9.65. The van der Waals surface area contributed by atoms with Crippen LogP contribution in [0, 0.1) is 11.8 Å². The van der Waals surface area contributed by atoms with Crippen LogP contribution in [0.4, 0.5) is 0 Å². The van der Waals surface area contributed by atoms with Crippen molar-refractivity contribution in [1.82, 2.24) is 0 Å². The number of rotatable bonds is 9. The molecule has 4 heteroatoms. The van der Waals surface area contributed by atoms with Gasteiger partial charge in [0.2, 0.25) is 0 Å². The lowest BCUT2D eigenvalue weighted by Crippen LogP contribution is -2.23. The van der Waals surface area contributed by atoms with Crippen LogP contribution in [-0.4, -0.2) is 28.7 Å². The predicted octanol–water partition coefficient (Wildman–Crippen LogP) is 4.57.